The van der Waals surface area contributed by atoms with E-state index in [4.69, 9.17) is 28.9 Å². The summed E-state index contributed by atoms with van der Waals surface area (Å²) in [6.45, 7) is 1.84. The Morgan fingerprint density at radius 2 is 1.94 bits per heavy atom. The molecule has 0 aliphatic carbocycles. The number of nitrogens with one attached hydrogen (secondary N) is 1. The normalized spacial score (nSPS) is 10.3. The first kappa shape index (κ1) is 12.0. The van der Waals surface area contributed by atoms with Gasteiger partial charge in [0.25, 0.3) is 0 Å². The van der Waals surface area contributed by atoms with E-state index in [0.717, 1.165) is 5.69 Å². The summed E-state index contributed by atoms with van der Waals surface area (Å²) in [7, 11) is 0. The van der Waals surface area contributed by atoms with Crippen LogP contribution in [0.25, 0.3) is 0 Å². The first-order valence-electron chi connectivity index (χ1n) is 4.88. The van der Waals surface area contributed by atoms with E-state index in [1.165, 1.54) is 0 Å². The van der Waals surface area contributed by atoms with Crippen LogP contribution < -0.4 is 11.1 Å². The predicted molar refractivity (Wildman–Crippen MR) is 70.9 cm³/mol. The van der Waals surface area contributed by atoms with Crippen LogP contribution in [0.3, 0.4) is 0 Å². The number of nitrogens with zero attached hydrogens (tertiary/aromatic N) is 2. The van der Waals surface area contributed by atoms with E-state index in [1.54, 1.807) is 24.3 Å². The zero-order valence-electron chi connectivity index (χ0n) is 9.04. The van der Waals surface area contributed by atoms with Crippen molar-refractivity contribution < 1.29 is 0 Å². The highest BCUT2D eigenvalue weighted by Gasteiger charge is 2.04. The zero-order valence-corrected chi connectivity index (χ0v) is 10.5. The van der Waals surface area contributed by atoms with Crippen molar-refractivity contribution in [1.82, 2.24) is 9.97 Å². The maximum atomic E-state index is 6.03. The number of benzene rings is 1. The fourth-order valence-electron chi connectivity index (χ4n) is 1.39. The Hall–Kier alpha value is -1.52. The molecule has 0 aliphatic heterocycles. The smallest absolute Gasteiger partial charge is 0.222 e. The summed E-state index contributed by atoms with van der Waals surface area (Å²) in [6, 6.07) is 6.92. The van der Waals surface area contributed by atoms with Gasteiger partial charge in [0.15, 0.2) is 0 Å². The molecule has 88 valence electrons. The van der Waals surface area contributed by atoms with Gasteiger partial charge in [-0.3, -0.25) is 0 Å². The topological polar surface area (TPSA) is 63.8 Å². The first-order chi connectivity index (χ1) is 8.04. The average molecular weight is 269 g/mol. The third-order valence-corrected chi connectivity index (χ3v) is 2.63. The van der Waals surface area contributed by atoms with Crippen molar-refractivity contribution in [3.05, 3.63) is 40.0 Å². The van der Waals surface area contributed by atoms with Crippen LogP contribution in [-0.4, -0.2) is 9.97 Å². The molecule has 3 N–H and O–H groups in total. The molecule has 2 aromatic rings. The molecule has 0 radical (unpaired) electrons. The summed E-state index contributed by atoms with van der Waals surface area (Å²) < 4.78 is 0. The summed E-state index contributed by atoms with van der Waals surface area (Å²) in [5.41, 5.74) is 7.01. The van der Waals surface area contributed by atoms with Gasteiger partial charge in [-0.05, 0) is 25.1 Å². The first-order valence-corrected chi connectivity index (χ1v) is 5.63. The van der Waals surface area contributed by atoms with Crippen LogP contribution in [0.2, 0.25) is 10.0 Å². The fraction of sp³-hybridized carbons (Fsp3) is 0.0909. The Kier molecular flexibility index (Phi) is 3.36. The summed E-state index contributed by atoms with van der Waals surface area (Å²) >= 11 is 11.9. The second-order valence-electron chi connectivity index (χ2n) is 3.50. The summed E-state index contributed by atoms with van der Waals surface area (Å²) in [6.07, 6.45) is 0. The van der Waals surface area contributed by atoms with E-state index in [0.29, 0.717) is 21.6 Å². The van der Waals surface area contributed by atoms with Crippen molar-refractivity contribution in [2.45, 2.75) is 6.92 Å². The van der Waals surface area contributed by atoms with Gasteiger partial charge in [-0.15, -0.1) is 0 Å². The maximum absolute atomic E-state index is 6.03. The van der Waals surface area contributed by atoms with E-state index in [2.05, 4.69) is 15.3 Å². The second kappa shape index (κ2) is 4.77. The number of aryl methyl sites for hydroxylation is 1. The van der Waals surface area contributed by atoms with Gasteiger partial charge in [0.05, 0.1) is 10.7 Å². The summed E-state index contributed by atoms with van der Waals surface area (Å²) in [5.74, 6) is 0.796. The van der Waals surface area contributed by atoms with Gasteiger partial charge in [-0.2, -0.15) is 4.98 Å². The molecule has 1 aromatic heterocycles. The monoisotopic (exact) mass is 268 g/mol. The highest BCUT2D eigenvalue weighted by atomic mass is 35.5. The van der Waals surface area contributed by atoms with Crippen molar-refractivity contribution in [2.24, 2.45) is 0 Å². The third-order valence-electron chi connectivity index (χ3n) is 2.06. The molecule has 0 aliphatic rings. The van der Waals surface area contributed by atoms with Crippen LogP contribution in [0.4, 0.5) is 17.5 Å². The lowest BCUT2D eigenvalue weighted by Crippen LogP contribution is -2.01. The third kappa shape index (κ3) is 2.99. The average Bonchev–Trinajstić information content (AvgIpc) is 2.22. The molecule has 0 amide bonds. The summed E-state index contributed by atoms with van der Waals surface area (Å²) in [5, 5.41) is 4.20. The molecule has 1 aromatic carbocycles. The molecule has 2 rings (SSSR count). The molecule has 17 heavy (non-hydrogen) atoms. The zero-order chi connectivity index (χ0) is 12.4. The van der Waals surface area contributed by atoms with Crippen LogP contribution in [-0.2, 0) is 0 Å². The molecule has 6 heteroatoms. The van der Waals surface area contributed by atoms with Crippen molar-refractivity contribution in [3.63, 3.8) is 0 Å². The van der Waals surface area contributed by atoms with Crippen LogP contribution in [0.5, 0.6) is 0 Å². The van der Waals surface area contributed by atoms with Crippen LogP contribution in [0.1, 0.15) is 5.69 Å². The van der Waals surface area contributed by atoms with E-state index >= 15 is 0 Å². The maximum Gasteiger partial charge on any atom is 0.222 e. The lowest BCUT2D eigenvalue weighted by atomic mass is 10.3. The van der Waals surface area contributed by atoms with Gasteiger partial charge in [0, 0.05) is 16.8 Å². The molecule has 0 saturated carbocycles. The number of nitrogens with two attached hydrogens (primary N) is 1. The fourth-order valence-corrected chi connectivity index (χ4v) is 1.72. The Morgan fingerprint density at radius 1 is 1.18 bits per heavy atom. The Balaban J connectivity index is 2.34. The predicted octanol–water partition coefficient (Wildman–Crippen LogP) is 3.42. The molecule has 0 saturated heterocycles. The molecule has 0 fully saturated rings. The number of nitrogen functional groups attached to an aromatic ring is 1. The van der Waals surface area contributed by atoms with Crippen molar-refractivity contribution >= 4 is 40.7 Å². The number of hydrogen-bond donors (Lipinski definition) is 2. The molecule has 0 spiro atoms. The van der Waals surface area contributed by atoms with Crippen LogP contribution in [0.15, 0.2) is 24.3 Å². The standard InChI is InChI=1S/C11H10Cl2N4/c1-6-4-10(17-11(14)15-6)16-9-5-7(12)2-3-8(9)13/h2-5H,1H3,(H3,14,15,16,17). The molecular formula is C11H10Cl2N4. The van der Waals surface area contributed by atoms with E-state index in [-0.39, 0.29) is 5.95 Å². The van der Waals surface area contributed by atoms with Gasteiger partial charge in [0.2, 0.25) is 5.95 Å². The minimum Gasteiger partial charge on any atom is -0.368 e. The van der Waals surface area contributed by atoms with E-state index in [1.807, 2.05) is 6.92 Å². The molecule has 0 unspecified atom stereocenters. The molecule has 0 bridgehead atoms. The number of rotatable bonds is 2. The minimum atomic E-state index is 0.214. The lowest BCUT2D eigenvalue weighted by molar-refractivity contribution is 1.12. The highest BCUT2D eigenvalue weighted by molar-refractivity contribution is 6.35. The quantitative estimate of drug-likeness (QED) is 0.876. The van der Waals surface area contributed by atoms with Crippen molar-refractivity contribution in [3.8, 4) is 0 Å². The molecule has 1 heterocycles. The number of anilines is 3. The van der Waals surface area contributed by atoms with E-state index < -0.39 is 0 Å². The van der Waals surface area contributed by atoms with Gasteiger partial charge >= 0.3 is 0 Å². The lowest BCUT2D eigenvalue weighted by Gasteiger charge is -2.08. The highest BCUT2D eigenvalue weighted by Crippen LogP contribution is 2.28. The Labute approximate surface area is 109 Å². The minimum absolute atomic E-state index is 0.214. The molecule has 0 atom stereocenters. The number of hydrogen-bond acceptors (Lipinski definition) is 4. The Morgan fingerprint density at radius 3 is 2.65 bits per heavy atom. The number of aromatic nitrogens is 2. The van der Waals surface area contributed by atoms with Gasteiger partial charge < -0.3 is 11.1 Å². The van der Waals surface area contributed by atoms with Gasteiger partial charge in [-0.1, -0.05) is 23.2 Å². The number of halogens is 2. The second-order valence-corrected chi connectivity index (χ2v) is 4.35. The largest absolute Gasteiger partial charge is 0.368 e. The van der Waals surface area contributed by atoms with E-state index in [9.17, 15) is 0 Å². The van der Waals surface area contributed by atoms with Crippen LogP contribution >= 0.6 is 23.2 Å². The summed E-state index contributed by atoms with van der Waals surface area (Å²) in [4.78, 5) is 8.04. The van der Waals surface area contributed by atoms with Gasteiger partial charge in [-0.25, -0.2) is 4.98 Å². The molecule has 4 nitrogen and oxygen atoms in total. The van der Waals surface area contributed by atoms with Crippen molar-refractivity contribution in [2.75, 3.05) is 11.1 Å². The van der Waals surface area contributed by atoms with Gasteiger partial charge in [0.1, 0.15) is 5.82 Å². The SMILES string of the molecule is Cc1cc(Nc2cc(Cl)ccc2Cl)nc(N)n1. The van der Waals surface area contributed by atoms with Crippen LogP contribution in [0, 0.1) is 6.92 Å². The molecular weight excluding hydrogens is 259 g/mol. The van der Waals surface area contributed by atoms with Crippen molar-refractivity contribution in [1.29, 1.82) is 0 Å². The Bertz CT molecular complexity index is 537.